The normalized spacial score (nSPS) is 14.3. The summed E-state index contributed by atoms with van der Waals surface area (Å²) in [6.07, 6.45) is 55.7. The maximum atomic E-state index is 13.1. The molecule has 0 aromatic heterocycles. The van der Waals surface area contributed by atoms with E-state index in [1.807, 2.05) is 0 Å². The second-order valence-electron chi connectivity index (χ2n) is 28.1. The summed E-state index contributed by atoms with van der Waals surface area (Å²) in [6.45, 7) is 9.55. The molecule has 0 fully saturated rings. The Labute approximate surface area is 581 Å². The number of ether oxygens (including phenoxy) is 4. The molecule has 0 aliphatic carbocycles. The van der Waals surface area contributed by atoms with Gasteiger partial charge in [0.25, 0.3) is 0 Å². The van der Waals surface area contributed by atoms with Gasteiger partial charge < -0.3 is 33.8 Å². The van der Waals surface area contributed by atoms with Crippen molar-refractivity contribution in [2.45, 2.75) is 413 Å². The SMILES string of the molecule is CCCCCCCCCCCCCCCCCCCCCCC(=O)O[C@H](COC(=O)CCCCCCCCCCCCCCCC(C)C)COP(=O)(O)OC[C@@H](O)COP(=O)(O)OC[C@@H](COC(=O)CCCCCCCCCCC)OC(=O)CCCCCCCCC(C)CC. The molecular weight excluding hydrogens is 1250 g/mol. The fourth-order valence-corrected chi connectivity index (χ4v) is 13.2. The number of phosphoric acid groups is 2. The summed E-state index contributed by atoms with van der Waals surface area (Å²) >= 11 is 0. The fraction of sp³-hybridized carbons (Fsp3) is 0.947. The van der Waals surface area contributed by atoms with Gasteiger partial charge in [-0.05, 0) is 37.5 Å². The summed E-state index contributed by atoms with van der Waals surface area (Å²) in [6, 6.07) is 0. The fourth-order valence-electron chi connectivity index (χ4n) is 11.6. The molecule has 564 valence electrons. The second kappa shape index (κ2) is 67.9. The van der Waals surface area contributed by atoms with Crippen LogP contribution in [0.2, 0.25) is 0 Å². The first-order valence-corrected chi connectivity index (χ1v) is 42.5. The van der Waals surface area contributed by atoms with E-state index in [2.05, 4.69) is 41.5 Å². The Bertz CT molecular complexity index is 1840. The van der Waals surface area contributed by atoms with Crippen molar-refractivity contribution >= 4 is 39.5 Å². The van der Waals surface area contributed by atoms with Crippen LogP contribution in [0.3, 0.4) is 0 Å². The first-order valence-electron chi connectivity index (χ1n) is 39.5. The van der Waals surface area contributed by atoms with Gasteiger partial charge in [0.15, 0.2) is 12.2 Å². The number of hydrogen-bond donors (Lipinski definition) is 3. The Balaban J connectivity index is 5.20. The molecule has 0 spiro atoms. The van der Waals surface area contributed by atoms with Crippen molar-refractivity contribution in [3.05, 3.63) is 0 Å². The molecule has 6 atom stereocenters. The van der Waals surface area contributed by atoms with E-state index in [1.165, 1.54) is 212 Å². The molecule has 17 nitrogen and oxygen atoms in total. The Morgan fingerprint density at radius 2 is 0.537 bits per heavy atom. The van der Waals surface area contributed by atoms with Crippen LogP contribution in [0.1, 0.15) is 395 Å². The van der Waals surface area contributed by atoms with Gasteiger partial charge in [0.05, 0.1) is 26.4 Å². The van der Waals surface area contributed by atoms with E-state index in [0.29, 0.717) is 25.7 Å². The van der Waals surface area contributed by atoms with Crippen LogP contribution < -0.4 is 0 Å². The Morgan fingerprint density at radius 3 is 0.800 bits per heavy atom. The van der Waals surface area contributed by atoms with Gasteiger partial charge >= 0.3 is 39.5 Å². The predicted molar refractivity (Wildman–Crippen MR) is 386 cm³/mol. The average molecular weight is 1400 g/mol. The highest BCUT2D eigenvalue weighted by Gasteiger charge is 2.30. The Morgan fingerprint density at radius 1 is 0.305 bits per heavy atom. The third-order valence-electron chi connectivity index (χ3n) is 18.1. The van der Waals surface area contributed by atoms with Gasteiger partial charge in [0, 0.05) is 25.7 Å². The van der Waals surface area contributed by atoms with Gasteiger partial charge in [0.1, 0.15) is 19.3 Å². The van der Waals surface area contributed by atoms with Crippen LogP contribution in [0.5, 0.6) is 0 Å². The summed E-state index contributed by atoms with van der Waals surface area (Å²) in [4.78, 5) is 72.7. The smallest absolute Gasteiger partial charge is 0.462 e. The first kappa shape index (κ1) is 93.1. The van der Waals surface area contributed by atoms with E-state index in [0.717, 1.165) is 102 Å². The zero-order valence-electron chi connectivity index (χ0n) is 62.0. The maximum absolute atomic E-state index is 13.1. The van der Waals surface area contributed by atoms with Crippen molar-refractivity contribution in [1.82, 2.24) is 0 Å². The van der Waals surface area contributed by atoms with Crippen LogP contribution in [0.25, 0.3) is 0 Å². The van der Waals surface area contributed by atoms with Gasteiger partial charge in [-0.1, -0.05) is 343 Å². The van der Waals surface area contributed by atoms with Crippen LogP contribution >= 0.6 is 15.6 Å². The number of esters is 4. The predicted octanol–water partition coefficient (Wildman–Crippen LogP) is 22.3. The zero-order chi connectivity index (χ0) is 70.0. The van der Waals surface area contributed by atoms with Crippen LogP contribution in [-0.2, 0) is 65.4 Å². The molecule has 0 aliphatic heterocycles. The van der Waals surface area contributed by atoms with E-state index in [1.54, 1.807) is 0 Å². The number of unbranched alkanes of at least 4 members (excludes halogenated alkanes) is 44. The number of rotatable bonds is 75. The van der Waals surface area contributed by atoms with E-state index < -0.39 is 97.5 Å². The number of phosphoric ester groups is 2. The van der Waals surface area contributed by atoms with Gasteiger partial charge in [-0.15, -0.1) is 0 Å². The summed E-state index contributed by atoms with van der Waals surface area (Å²) < 4.78 is 68.4. The molecule has 0 heterocycles. The van der Waals surface area contributed by atoms with Crippen LogP contribution in [-0.4, -0.2) is 96.7 Å². The molecular formula is C76H148O17P2. The maximum Gasteiger partial charge on any atom is 0.472 e. The highest BCUT2D eigenvalue weighted by atomic mass is 31.2. The topological polar surface area (TPSA) is 237 Å². The standard InChI is InChI=1S/C76H148O17P2/c1-7-10-12-14-16-18-19-20-21-22-23-24-25-26-29-33-37-41-48-54-60-75(80)92-71(64-87-74(79)59-53-47-40-36-32-30-27-28-31-35-38-44-50-56-68(4)5)66-90-94(82,83)88-62-70(77)63-89-95(84,85)91-67-72(65-86-73(78)58-52-46-39-34-17-15-13-11-8-2)93-76(81)61-55-49-43-42-45-51-57-69(6)9-3/h68-72,77H,7-67H2,1-6H3,(H,82,83)(H,84,85)/t69?,70-,71-,72-/m1/s1. The van der Waals surface area contributed by atoms with Crippen LogP contribution in [0.4, 0.5) is 0 Å². The molecule has 0 bridgehead atoms. The molecule has 0 aliphatic rings. The number of aliphatic hydroxyl groups excluding tert-OH is 1. The molecule has 0 saturated heterocycles. The van der Waals surface area contributed by atoms with E-state index in [4.69, 9.17) is 37.0 Å². The average Bonchev–Trinajstić information content (AvgIpc) is 1.49. The lowest BCUT2D eigenvalue weighted by Gasteiger charge is -2.21. The van der Waals surface area contributed by atoms with Crippen molar-refractivity contribution in [3.63, 3.8) is 0 Å². The van der Waals surface area contributed by atoms with Crippen LogP contribution in [0.15, 0.2) is 0 Å². The summed E-state index contributed by atoms with van der Waals surface area (Å²) in [5, 5.41) is 10.6. The molecule has 19 heteroatoms. The van der Waals surface area contributed by atoms with Gasteiger partial charge in [-0.25, -0.2) is 9.13 Å². The molecule has 95 heavy (non-hydrogen) atoms. The van der Waals surface area contributed by atoms with Gasteiger partial charge in [-0.3, -0.25) is 37.3 Å². The Kier molecular flexibility index (Phi) is 66.5. The number of carbonyl (C=O) groups is 4. The molecule has 0 rings (SSSR count). The minimum absolute atomic E-state index is 0.103. The molecule has 0 radical (unpaired) electrons. The summed E-state index contributed by atoms with van der Waals surface area (Å²) in [5.41, 5.74) is 0. The van der Waals surface area contributed by atoms with Crippen molar-refractivity contribution in [2.24, 2.45) is 11.8 Å². The number of hydrogen-bond acceptors (Lipinski definition) is 15. The summed E-state index contributed by atoms with van der Waals surface area (Å²) in [5.74, 6) is -0.609. The summed E-state index contributed by atoms with van der Waals surface area (Å²) in [7, 11) is -9.91. The highest BCUT2D eigenvalue weighted by Crippen LogP contribution is 2.45. The van der Waals surface area contributed by atoms with E-state index in [-0.39, 0.29) is 25.7 Å². The van der Waals surface area contributed by atoms with Crippen molar-refractivity contribution in [2.75, 3.05) is 39.6 Å². The third kappa shape index (κ3) is 69.0. The number of aliphatic hydroxyl groups is 1. The minimum atomic E-state index is -4.96. The Hall–Kier alpha value is -1.94. The molecule has 0 aromatic rings. The van der Waals surface area contributed by atoms with Gasteiger partial charge in [-0.2, -0.15) is 0 Å². The second-order valence-corrected chi connectivity index (χ2v) is 31.0. The highest BCUT2D eigenvalue weighted by molar-refractivity contribution is 7.47. The van der Waals surface area contributed by atoms with E-state index in [9.17, 15) is 43.2 Å². The molecule has 0 saturated carbocycles. The number of carbonyl (C=O) groups excluding carboxylic acids is 4. The van der Waals surface area contributed by atoms with Crippen molar-refractivity contribution < 1.29 is 80.2 Å². The lowest BCUT2D eigenvalue weighted by Crippen LogP contribution is -2.30. The van der Waals surface area contributed by atoms with E-state index >= 15 is 0 Å². The lowest BCUT2D eigenvalue weighted by molar-refractivity contribution is -0.161. The largest absolute Gasteiger partial charge is 0.472 e. The van der Waals surface area contributed by atoms with Crippen molar-refractivity contribution in [3.8, 4) is 0 Å². The molecule has 3 unspecified atom stereocenters. The minimum Gasteiger partial charge on any atom is -0.462 e. The van der Waals surface area contributed by atoms with Crippen molar-refractivity contribution in [1.29, 1.82) is 0 Å². The molecule has 0 aromatic carbocycles. The lowest BCUT2D eigenvalue weighted by atomic mass is 10.00. The van der Waals surface area contributed by atoms with Crippen LogP contribution in [0, 0.1) is 11.8 Å². The monoisotopic (exact) mass is 1400 g/mol. The molecule has 0 amide bonds. The molecule has 3 N–H and O–H groups in total. The quantitative estimate of drug-likeness (QED) is 0.0222. The zero-order valence-corrected chi connectivity index (χ0v) is 63.8. The first-order chi connectivity index (χ1) is 45.9. The van der Waals surface area contributed by atoms with Gasteiger partial charge in [0.2, 0.25) is 0 Å². The third-order valence-corrected chi connectivity index (χ3v) is 20.0.